The first-order chi connectivity index (χ1) is 8.02. The van der Waals surface area contributed by atoms with Gasteiger partial charge in [-0.1, -0.05) is 6.42 Å². The van der Waals surface area contributed by atoms with E-state index in [-0.39, 0.29) is 17.9 Å². The van der Waals surface area contributed by atoms with Gasteiger partial charge in [0.25, 0.3) is 0 Å². The van der Waals surface area contributed by atoms with Crippen LogP contribution in [-0.2, 0) is 9.59 Å². The number of aliphatic hydroxyl groups is 1. The van der Waals surface area contributed by atoms with Gasteiger partial charge in [0, 0.05) is 6.54 Å². The lowest BCUT2D eigenvalue weighted by Crippen LogP contribution is -2.35. The zero-order valence-electron chi connectivity index (χ0n) is 10.2. The highest BCUT2D eigenvalue weighted by atomic mass is 16.4. The first-order valence-electron chi connectivity index (χ1n) is 6.21. The SMILES string of the molecule is CC(O)CCCNC(=O)C1CCCC1C(=O)O. The maximum Gasteiger partial charge on any atom is 0.307 e. The Morgan fingerprint density at radius 2 is 2.00 bits per heavy atom. The molecule has 0 aromatic carbocycles. The van der Waals surface area contributed by atoms with Crippen molar-refractivity contribution < 1.29 is 19.8 Å². The highest BCUT2D eigenvalue weighted by Gasteiger charge is 2.37. The van der Waals surface area contributed by atoms with Crippen LogP contribution in [0.25, 0.3) is 0 Å². The summed E-state index contributed by atoms with van der Waals surface area (Å²) in [5.41, 5.74) is 0. The van der Waals surface area contributed by atoms with Crippen molar-refractivity contribution in [2.45, 2.75) is 45.1 Å². The van der Waals surface area contributed by atoms with Crippen LogP contribution in [-0.4, -0.2) is 34.7 Å². The quantitative estimate of drug-likeness (QED) is 0.601. The van der Waals surface area contributed by atoms with E-state index in [9.17, 15) is 9.59 Å². The van der Waals surface area contributed by atoms with Gasteiger partial charge in [-0.15, -0.1) is 0 Å². The van der Waals surface area contributed by atoms with Gasteiger partial charge in [0.1, 0.15) is 0 Å². The summed E-state index contributed by atoms with van der Waals surface area (Å²) in [5.74, 6) is -1.92. The van der Waals surface area contributed by atoms with Gasteiger partial charge >= 0.3 is 5.97 Å². The van der Waals surface area contributed by atoms with E-state index in [4.69, 9.17) is 10.2 Å². The fraction of sp³-hybridized carbons (Fsp3) is 0.833. The van der Waals surface area contributed by atoms with Gasteiger partial charge in [-0.05, 0) is 32.6 Å². The van der Waals surface area contributed by atoms with Crippen LogP contribution in [0.15, 0.2) is 0 Å². The molecule has 1 rings (SSSR count). The van der Waals surface area contributed by atoms with Crippen molar-refractivity contribution >= 4 is 11.9 Å². The molecule has 3 N–H and O–H groups in total. The van der Waals surface area contributed by atoms with Gasteiger partial charge in [0.15, 0.2) is 0 Å². The summed E-state index contributed by atoms with van der Waals surface area (Å²) >= 11 is 0. The summed E-state index contributed by atoms with van der Waals surface area (Å²) in [5, 5.41) is 20.8. The summed E-state index contributed by atoms with van der Waals surface area (Å²) in [4.78, 5) is 22.7. The minimum atomic E-state index is -0.869. The molecule has 0 spiro atoms. The first kappa shape index (κ1) is 14.0. The number of aliphatic hydroxyl groups excluding tert-OH is 1. The van der Waals surface area contributed by atoms with E-state index < -0.39 is 11.9 Å². The van der Waals surface area contributed by atoms with Gasteiger partial charge < -0.3 is 15.5 Å². The zero-order valence-corrected chi connectivity index (χ0v) is 10.2. The molecule has 0 radical (unpaired) electrons. The lowest BCUT2D eigenvalue weighted by atomic mass is 9.95. The Labute approximate surface area is 101 Å². The third kappa shape index (κ3) is 4.34. The summed E-state index contributed by atoms with van der Waals surface area (Å²) in [6, 6.07) is 0. The maximum atomic E-state index is 11.8. The smallest absolute Gasteiger partial charge is 0.307 e. The Balaban J connectivity index is 2.29. The van der Waals surface area contributed by atoms with Gasteiger partial charge in [0.2, 0.25) is 5.91 Å². The molecule has 0 saturated heterocycles. The van der Waals surface area contributed by atoms with Crippen molar-refractivity contribution in [3.63, 3.8) is 0 Å². The van der Waals surface area contributed by atoms with Crippen LogP contribution in [0.4, 0.5) is 0 Å². The third-order valence-electron chi connectivity index (χ3n) is 3.27. The molecule has 17 heavy (non-hydrogen) atoms. The third-order valence-corrected chi connectivity index (χ3v) is 3.27. The highest BCUT2D eigenvalue weighted by molar-refractivity contribution is 5.85. The molecule has 1 aliphatic carbocycles. The van der Waals surface area contributed by atoms with Crippen molar-refractivity contribution in [1.29, 1.82) is 0 Å². The molecule has 3 atom stereocenters. The molecule has 1 saturated carbocycles. The molecule has 1 fully saturated rings. The molecule has 98 valence electrons. The van der Waals surface area contributed by atoms with Crippen LogP contribution in [0, 0.1) is 11.8 Å². The van der Waals surface area contributed by atoms with E-state index in [0.717, 1.165) is 6.42 Å². The summed E-state index contributed by atoms with van der Waals surface area (Å²) in [6.45, 7) is 2.21. The van der Waals surface area contributed by atoms with E-state index in [0.29, 0.717) is 32.2 Å². The van der Waals surface area contributed by atoms with Crippen molar-refractivity contribution in [3.8, 4) is 0 Å². The Morgan fingerprint density at radius 3 is 2.59 bits per heavy atom. The molecule has 1 amide bonds. The van der Waals surface area contributed by atoms with E-state index in [1.165, 1.54) is 0 Å². The average Bonchev–Trinajstić information content (AvgIpc) is 2.72. The lowest BCUT2D eigenvalue weighted by molar-refractivity contribution is -0.146. The molecule has 5 heteroatoms. The first-order valence-corrected chi connectivity index (χ1v) is 6.21. The molecule has 5 nitrogen and oxygen atoms in total. The fourth-order valence-electron chi connectivity index (χ4n) is 2.31. The minimum absolute atomic E-state index is 0.152. The van der Waals surface area contributed by atoms with Gasteiger partial charge in [-0.25, -0.2) is 0 Å². The maximum absolute atomic E-state index is 11.8. The molecule has 3 unspecified atom stereocenters. The van der Waals surface area contributed by atoms with Crippen LogP contribution in [0.2, 0.25) is 0 Å². The number of hydrogen-bond acceptors (Lipinski definition) is 3. The number of nitrogens with one attached hydrogen (secondary N) is 1. The van der Waals surface area contributed by atoms with Crippen molar-refractivity contribution in [1.82, 2.24) is 5.32 Å². The second kappa shape index (κ2) is 6.59. The number of rotatable bonds is 6. The standard InChI is InChI=1S/C12H21NO4/c1-8(14)4-3-7-13-11(15)9-5-2-6-10(9)12(16)17/h8-10,14H,2-7H2,1H3,(H,13,15)(H,16,17). The zero-order chi connectivity index (χ0) is 12.8. The normalized spacial score (nSPS) is 25.5. The van der Waals surface area contributed by atoms with Crippen LogP contribution in [0.1, 0.15) is 39.0 Å². The number of carboxylic acid groups (broad SMARTS) is 1. The number of hydrogen-bond donors (Lipinski definition) is 3. The second-order valence-corrected chi connectivity index (χ2v) is 4.76. The summed E-state index contributed by atoms with van der Waals surface area (Å²) < 4.78 is 0. The van der Waals surface area contributed by atoms with Gasteiger partial charge in [-0.3, -0.25) is 9.59 Å². The topological polar surface area (TPSA) is 86.6 Å². The van der Waals surface area contributed by atoms with Crippen LogP contribution < -0.4 is 5.32 Å². The molecular weight excluding hydrogens is 222 g/mol. The van der Waals surface area contributed by atoms with Crippen LogP contribution >= 0.6 is 0 Å². The monoisotopic (exact) mass is 243 g/mol. The Hall–Kier alpha value is -1.10. The molecule has 0 aliphatic heterocycles. The Bertz CT molecular complexity index is 278. The van der Waals surface area contributed by atoms with E-state index >= 15 is 0 Å². The number of carboxylic acids is 1. The largest absolute Gasteiger partial charge is 0.481 e. The van der Waals surface area contributed by atoms with E-state index in [1.807, 2.05) is 0 Å². The molecule has 0 aromatic rings. The van der Waals surface area contributed by atoms with Crippen molar-refractivity contribution in [2.75, 3.05) is 6.54 Å². The van der Waals surface area contributed by atoms with Crippen molar-refractivity contribution in [2.24, 2.45) is 11.8 Å². The average molecular weight is 243 g/mol. The van der Waals surface area contributed by atoms with Crippen LogP contribution in [0.3, 0.4) is 0 Å². The number of carbonyl (C=O) groups excluding carboxylic acids is 1. The fourth-order valence-corrected chi connectivity index (χ4v) is 2.31. The van der Waals surface area contributed by atoms with Gasteiger partial charge in [-0.2, -0.15) is 0 Å². The van der Waals surface area contributed by atoms with E-state index in [2.05, 4.69) is 5.32 Å². The summed E-state index contributed by atoms with van der Waals surface area (Å²) in [6.07, 6.45) is 3.08. The number of amides is 1. The molecule has 0 bridgehead atoms. The number of aliphatic carboxylic acids is 1. The van der Waals surface area contributed by atoms with Crippen molar-refractivity contribution in [3.05, 3.63) is 0 Å². The molecule has 1 aliphatic rings. The predicted octanol–water partition coefficient (Wildman–Crippen LogP) is 0.764. The number of carbonyl (C=O) groups is 2. The Morgan fingerprint density at radius 1 is 1.35 bits per heavy atom. The summed E-state index contributed by atoms with van der Waals surface area (Å²) in [7, 11) is 0. The van der Waals surface area contributed by atoms with E-state index in [1.54, 1.807) is 6.92 Å². The second-order valence-electron chi connectivity index (χ2n) is 4.76. The molecule has 0 heterocycles. The highest BCUT2D eigenvalue weighted by Crippen LogP contribution is 2.31. The van der Waals surface area contributed by atoms with Crippen LogP contribution in [0.5, 0.6) is 0 Å². The predicted molar refractivity (Wildman–Crippen MR) is 62.4 cm³/mol. The lowest BCUT2D eigenvalue weighted by Gasteiger charge is -2.15. The minimum Gasteiger partial charge on any atom is -0.481 e. The molecule has 0 aromatic heterocycles. The Kier molecular flexibility index (Phi) is 5.41. The molecular formula is C12H21NO4. The van der Waals surface area contributed by atoms with Gasteiger partial charge in [0.05, 0.1) is 17.9 Å².